The van der Waals surface area contributed by atoms with Crippen LogP contribution in [0.15, 0.2) is 114 Å². The maximum Gasteiger partial charge on any atom is 0.307 e. The number of halogens is 1. The van der Waals surface area contributed by atoms with Gasteiger partial charge in [-0.15, -0.1) is 0 Å². The fraction of sp³-hybridized carbons (Fsp3) is 0.275. The molecule has 0 bridgehead atoms. The van der Waals surface area contributed by atoms with E-state index >= 15 is 0 Å². The van der Waals surface area contributed by atoms with Crippen LogP contribution in [0, 0.1) is 23.1 Å². The largest absolute Gasteiger partial charge is 0.461 e. The lowest BCUT2D eigenvalue weighted by Crippen LogP contribution is -2.42. The molecule has 0 amide bonds. The average Bonchev–Trinajstić information content (AvgIpc) is 3.77. The zero-order valence-electron chi connectivity index (χ0n) is 25.4. The van der Waals surface area contributed by atoms with E-state index < -0.39 is 0 Å². The first-order chi connectivity index (χ1) is 21.4. The van der Waals surface area contributed by atoms with Crippen molar-refractivity contribution in [2.24, 2.45) is 17.3 Å². The molecule has 4 aliphatic rings. The van der Waals surface area contributed by atoms with E-state index in [4.69, 9.17) is 4.74 Å². The molecule has 2 heterocycles. The molecule has 4 unspecified atom stereocenters. The van der Waals surface area contributed by atoms with E-state index in [9.17, 15) is 9.18 Å². The highest BCUT2D eigenvalue weighted by molar-refractivity contribution is 6.01. The Morgan fingerprint density at radius 2 is 1.70 bits per heavy atom. The highest BCUT2D eigenvalue weighted by atomic mass is 19.1. The Hall–Kier alpha value is -4.44. The second kappa shape index (κ2) is 10.1. The molecule has 3 nitrogen and oxygen atoms in total. The summed E-state index contributed by atoms with van der Waals surface area (Å²) < 4.78 is 20.7. The van der Waals surface area contributed by atoms with Crippen LogP contribution in [-0.2, 0) is 16.1 Å². The Morgan fingerprint density at radius 3 is 2.48 bits per heavy atom. The van der Waals surface area contributed by atoms with E-state index in [0.717, 1.165) is 33.9 Å². The molecule has 5 atom stereocenters. The number of hydrogen-bond acceptors (Lipinski definition) is 3. The van der Waals surface area contributed by atoms with Gasteiger partial charge in [-0.2, -0.15) is 0 Å². The number of fused-ring (bicyclic) bond motifs is 9. The Balaban J connectivity index is 1.26. The number of benzene rings is 4. The smallest absolute Gasteiger partial charge is 0.307 e. The fourth-order valence-corrected chi connectivity index (χ4v) is 8.37. The van der Waals surface area contributed by atoms with Gasteiger partial charge < -0.3 is 9.64 Å². The molecule has 2 aliphatic heterocycles. The standard InChI is InChI=1S/C40H36FNO2/c1-24-18-34-38(26(3)25(24)2)40(22-36(43)44-23-27-10-6-4-7-11-27)21-35(40)42-17-16-29-19-32(28-12-8-5-9-13-28)33-20-30(41)14-15-31(33)37(29)39(34)42/h4-20,25-26,35,39H,21-23H2,1-3H3/t25-,26?,35?,39?,40?/m0/s1. The molecule has 0 spiro atoms. The Morgan fingerprint density at radius 1 is 0.955 bits per heavy atom. The van der Waals surface area contributed by atoms with Crippen molar-refractivity contribution in [1.29, 1.82) is 0 Å². The number of esters is 1. The Bertz CT molecular complexity index is 1910. The molecule has 4 heteroatoms. The van der Waals surface area contributed by atoms with E-state index in [1.54, 1.807) is 12.1 Å². The maximum atomic E-state index is 14.8. The lowest BCUT2D eigenvalue weighted by Gasteiger charge is -2.48. The molecule has 0 N–H and O–H groups in total. The summed E-state index contributed by atoms with van der Waals surface area (Å²) in [5, 5.41) is 2.02. The van der Waals surface area contributed by atoms with Crippen LogP contribution in [0.4, 0.5) is 4.39 Å². The number of nitrogens with zero attached hydrogens (tertiary/aromatic N) is 1. The number of ether oxygens (including phenoxy) is 1. The normalized spacial score (nSPS) is 26.4. The van der Waals surface area contributed by atoms with Crippen molar-refractivity contribution in [3.05, 3.63) is 136 Å². The topological polar surface area (TPSA) is 29.5 Å². The predicted molar refractivity (Wildman–Crippen MR) is 174 cm³/mol. The minimum Gasteiger partial charge on any atom is -0.461 e. The van der Waals surface area contributed by atoms with Crippen LogP contribution in [0.2, 0.25) is 0 Å². The molecule has 0 saturated heterocycles. The van der Waals surface area contributed by atoms with Crippen molar-refractivity contribution in [3.63, 3.8) is 0 Å². The lowest BCUT2D eigenvalue weighted by molar-refractivity contribution is -0.146. The lowest BCUT2D eigenvalue weighted by atomic mass is 9.65. The van der Waals surface area contributed by atoms with Gasteiger partial charge in [0.2, 0.25) is 0 Å². The summed E-state index contributed by atoms with van der Waals surface area (Å²) >= 11 is 0. The Kier molecular flexibility index (Phi) is 6.20. The zero-order chi connectivity index (χ0) is 30.2. The van der Waals surface area contributed by atoms with Gasteiger partial charge in [0, 0.05) is 17.7 Å². The van der Waals surface area contributed by atoms with Gasteiger partial charge >= 0.3 is 5.97 Å². The van der Waals surface area contributed by atoms with Crippen LogP contribution in [0.25, 0.3) is 28.0 Å². The molecule has 0 radical (unpaired) electrons. The average molecular weight is 582 g/mol. The van der Waals surface area contributed by atoms with Gasteiger partial charge in [-0.05, 0) is 93.6 Å². The third-order valence-corrected chi connectivity index (χ3v) is 10.8. The minimum absolute atomic E-state index is 0.00801. The van der Waals surface area contributed by atoms with Gasteiger partial charge in [0.15, 0.2) is 0 Å². The summed E-state index contributed by atoms with van der Waals surface area (Å²) in [5.74, 6) is 0.337. The van der Waals surface area contributed by atoms with Gasteiger partial charge in [-0.1, -0.05) is 97.8 Å². The molecule has 44 heavy (non-hydrogen) atoms. The summed E-state index contributed by atoms with van der Waals surface area (Å²) in [4.78, 5) is 15.9. The summed E-state index contributed by atoms with van der Waals surface area (Å²) in [6.07, 6.45) is 8.17. The first-order valence-corrected chi connectivity index (χ1v) is 15.8. The van der Waals surface area contributed by atoms with Gasteiger partial charge in [0.05, 0.1) is 12.5 Å². The van der Waals surface area contributed by atoms with Crippen LogP contribution in [-0.4, -0.2) is 16.9 Å². The molecule has 220 valence electrons. The molecule has 0 aromatic heterocycles. The molecule has 4 aromatic carbocycles. The third kappa shape index (κ3) is 4.11. The Labute approximate surface area is 258 Å². The van der Waals surface area contributed by atoms with Crippen molar-refractivity contribution in [2.75, 3.05) is 0 Å². The number of rotatable bonds is 5. The summed E-state index contributed by atoms with van der Waals surface area (Å²) in [6.45, 7) is 7.18. The minimum atomic E-state index is -0.238. The summed E-state index contributed by atoms with van der Waals surface area (Å²) in [6, 6.07) is 27.9. The van der Waals surface area contributed by atoms with Crippen molar-refractivity contribution >= 4 is 22.8 Å². The van der Waals surface area contributed by atoms with E-state index in [-0.39, 0.29) is 29.3 Å². The molecular weight excluding hydrogens is 545 g/mol. The monoisotopic (exact) mass is 581 g/mol. The van der Waals surface area contributed by atoms with Crippen LogP contribution in [0.3, 0.4) is 0 Å². The predicted octanol–water partition coefficient (Wildman–Crippen LogP) is 9.41. The second-order valence-electron chi connectivity index (χ2n) is 13.2. The van der Waals surface area contributed by atoms with Crippen molar-refractivity contribution in [2.45, 2.75) is 52.3 Å². The number of hydrogen-bond donors (Lipinski definition) is 0. The van der Waals surface area contributed by atoms with Crippen molar-refractivity contribution < 1.29 is 13.9 Å². The second-order valence-corrected chi connectivity index (χ2v) is 13.2. The van der Waals surface area contributed by atoms with Gasteiger partial charge in [0.1, 0.15) is 12.4 Å². The van der Waals surface area contributed by atoms with Crippen LogP contribution in [0.1, 0.15) is 56.3 Å². The van der Waals surface area contributed by atoms with Gasteiger partial charge in [-0.3, -0.25) is 4.79 Å². The highest BCUT2D eigenvalue weighted by Gasteiger charge is 2.66. The van der Waals surface area contributed by atoms with Gasteiger partial charge in [0.25, 0.3) is 0 Å². The third-order valence-electron chi connectivity index (χ3n) is 10.8. The number of carbonyl (C=O) groups is 1. The van der Waals surface area contributed by atoms with E-state index in [2.05, 4.69) is 62.2 Å². The number of carbonyl (C=O) groups excluding carboxylic acids is 1. The molecule has 8 rings (SSSR count). The fourth-order valence-electron chi connectivity index (χ4n) is 8.37. The SMILES string of the molecule is CC1=CC2=C(C(C)[C@H]1C)C1(CC(=O)OCc3ccccc3)CC1N1C=Cc3cc(-c4ccccc4)c4cc(F)ccc4c3C21. The molecule has 2 aliphatic carbocycles. The van der Waals surface area contributed by atoms with Crippen molar-refractivity contribution in [3.8, 4) is 11.1 Å². The first kappa shape index (κ1) is 27.1. The van der Waals surface area contributed by atoms with E-state index in [0.29, 0.717) is 24.9 Å². The van der Waals surface area contributed by atoms with Crippen molar-refractivity contribution in [1.82, 2.24) is 4.90 Å². The number of allylic oxidation sites excluding steroid dienone is 1. The van der Waals surface area contributed by atoms with Gasteiger partial charge in [-0.25, -0.2) is 4.39 Å². The van der Waals surface area contributed by atoms with Crippen LogP contribution in [0.5, 0.6) is 0 Å². The van der Waals surface area contributed by atoms with Crippen LogP contribution < -0.4 is 0 Å². The van der Waals surface area contributed by atoms with E-state index in [1.165, 1.54) is 27.8 Å². The zero-order valence-corrected chi connectivity index (χ0v) is 25.4. The van der Waals surface area contributed by atoms with Crippen LogP contribution >= 0.6 is 0 Å². The molecular formula is C40H36FNO2. The molecule has 1 saturated carbocycles. The summed E-state index contributed by atoms with van der Waals surface area (Å²) in [7, 11) is 0. The highest BCUT2D eigenvalue weighted by Crippen LogP contribution is 2.69. The maximum absolute atomic E-state index is 14.8. The first-order valence-electron chi connectivity index (χ1n) is 15.8. The summed E-state index contributed by atoms with van der Waals surface area (Å²) in [5.41, 5.74) is 9.38. The molecule has 1 fully saturated rings. The van der Waals surface area contributed by atoms with E-state index in [1.807, 2.05) is 54.6 Å². The molecule has 4 aromatic rings. The quantitative estimate of drug-likeness (QED) is 0.220.